The summed E-state index contributed by atoms with van der Waals surface area (Å²) >= 11 is 0. The fourth-order valence-corrected chi connectivity index (χ4v) is 4.02. The van der Waals surface area contributed by atoms with Crippen LogP contribution in [0.4, 0.5) is 4.79 Å². The molecule has 25 heavy (non-hydrogen) atoms. The van der Waals surface area contributed by atoms with Crippen LogP contribution in [0.2, 0.25) is 0 Å². The third kappa shape index (κ3) is 2.73. The summed E-state index contributed by atoms with van der Waals surface area (Å²) in [6.45, 7) is 2.05. The lowest BCUT2D eigenvalue weighted by Gasteiger charge is -2.36. The number of hydrogen-bond acceptors (Lipinski definition) is 3. The topological polar surface area (TPSA) is 61.2 Å². The lowest BCUT2D eigenvalue weighted by molar-refractivity contribution is 0.0587. The first-order valence-corrected chi connectivity index (χ1v) is 8.74. The van der Waals surface area contributed by atoms with E-state index in [0.29, 0.717) is 24.6 Å². The molecule has 0 aromatic carbocycles. The zero-order chi connectivity index (χ0) is 17.6. The van der Waals surface area contributed by atoms with E-state index >= 15 is 0 Å². The van der Waals surface area contributed by atoms with E-state index in [-0.39, 0.29) is 18.0 Å². The van der Waals surface area contributed by atoms with Crippen LogP contribution in [-0.4, -0.2) is 76.0 Å². The second kappa shape index (κ2) is 6.06. The molecule has 3 aliphatic heterocycles. The Morgan fingerprint density at radius 2 is 2.00 bits per heavy atom. The summed E-state index contributed by atoms with van der Waals surface area (Å²) in [4.78, 5) is 31.0. The first-order chi connectivity index (χ1) is 12.0. The van der Waals surface area contributed by atoms with Crippen molar-refractivity contribution in [3.8, 4) is 0 Å². The standard InChI is InChI=1S/C18H23N5O2/c1-20(2)18(25)21-10-13-6-7-14(12-21)22(11-13)17(24)15-9-19-23-8-4-3-5-16(15)23/h3-5,8-9,13-14H,6-7,10-12H2,1-2H3/t13-,14+/m0/s1. The molecular weight excluding hydrogens is 318 g/mol. The molecular formula is C18H23N5O2. The van der Waals surface area contributed by atoms with Gasteiger partial charge >= 0.3 is 6.03 Å². The van der Waals surface area contributed by atoms with Gasteiger partial charge in [0.05, 0.1) is 17.3 Å². The van der Waals surface area contributed by atoms with Gasteiger partial charge in [0.1, 0.15) is 0 Å². The van der Waals surface area contributed by atoms with Crippen LogP contribution in [0.3, 0.4) is 0 Å². The van der Waals surface area contributed by atoms with E-state index in [1.54, 1.807) is 29.7 Å². The summed E-state index contributed by atoms with van der Waals surface area (Å²) in [6.07, 6.45) is 5.52. The molecule has 2 aromatic heterocycles. The molecule has 0 N–H and O–H groups in total. The van der Waals surface area contributed by atoms with Gasteiger partial charge in [0, 0.05) is 46.0 Å². The average Bonchev–Trinajstić information content (AvgIpc) is 2.82. The lowest BCUT2D eigenvalue weighted by Crippen LogP contribution is -2.48. The van der Waals surface area contributed by atoms with E-state index in [1.165, 1.54) is 0 Å². The van der Waals surface area contributed by atoms with E-state index in [9.17, 15) is 9.59 Å². The molecule has 0 unspecified atom stereocenters. The van der Waals surface area contributed by atoms with E-state index in [0.717, 1.165) is 24.9 Å². The Kier molecular flexibility index (Phi) is 3.86. The third-order valence-electron chi connectivity index (χ3n) is 5.28. The second-order valence-electron chi connectivity index (χ2n) is 7.23. The van der Waals surface area contributed by atoms with Crippen LogP contribution in [0.25, 0.3) is 5.52 Å². The summed E-state index contributed by atoms with van der Waals surface area (Å²) in [5.41, 5.74) is 1.47. The fourth-order valence-electron chi connectivity index (χ4n) is 4.02. The average molecular weight is 341 g/mol. The molecule has 5 heterocycles. The number of aromatic nitrogens is 2. The number of hydrogen-bond donors (Lipinski definition) is 0. The van der Waals surface area contributed by atoms with Gasteiger partial charge in [-0.25, -0.2) is 9.31 Å². The SMILES string of the molecule is CN(C)C(=O)N1C[C@@H]2CC[C@H](C1)N(C(=O)c1cnn3ccccc13)C2. The Hall–Kier alpha value is -2.57. The van der Waals surface area contributed by atoms with Crippen molar-refractivity contribution in [1.82, 2.24) is 24.3 Å². The number of carbonyl (C=O) groups excluding carboxylic acids is 2. The van der Waals surface area contributed by atoms with Crippen molar-refractivity contribution >= 4 is 17.5 Å². The fraction of sp³-hybridized carbons (Fsp3) is 0.500. The summed E-state index contributed by atoms with van der Waals surface area (Å²) in [7, 11) is 3.55. The minimum atomic E-state index is 0.0232. The normalized spacial score (nSPS) is 23.0. The van der Waals surface area contributed by atoms with Crippen LogP contribution in [0, 0.1) is 5.92 Å². The summed E-state index contributed by atoms with van der Waals surface area (Å²) in [5.74, 6) is 0.364. The number of nitrogens with zero attached hydrogens (tertiary/aromatic N) is 5. The molecule has 3 saturated heterocycles. The maximum atomic E-state index is 13.2. The Labute approximate surface area is 146 Å². The zero-order valence-corrected chi connectivity index (χ0v) is 14.6. The predicted octanol–water partition coefficient (Wildman–Crippen LogP) is 1.55. The van der Waals surface area contributed by atoms with Crippen molar-refractivity contribution in [3.63, 3.8) is 0 Å². The van der Waals surface area contributed by atoms with Crippen LogP contribution in [-0.2, 0) is 0 Å². The van der Waals surface area contributed by atoms with Gasteiger partial charge in [0.15, 0.2) is 0 Å². The predicted molar refractivity (Wildman–Crippen MR) is 93.4 cm³/mol. The molecule has 2 atom stereocenters. The highest BCUT2D eigenvalue weighted by atomic mass is 16.2. The molecule has 0 aliphatic carbocycles. The van der Waals surface area contributed by atoms with Crippen molar-refractivity contribution in [1.29, 1.82) is 0 Å². The monoisotopic (exact) mass is 341 g/mol. The minimum Gasteiger partial charge on any atom is -0.333 e. The minimum absolute atomic E-state index is 0.0232. The molecule has 3 aliphatic rings. The van der Waals surface area contributed by atoms with E-state index in [1.807, 2.05) is 34.2 Å². The maximum Gasteiger partial charge on any atom is 0.319 e. The molecule has 7 heteroatoms. The summed E-state index contributed by atoms with van der Waals surface area (Å²) < 4.78 is 1.73. The van der Waals surface area contributed by atoms with Crippen molar-refractivity contribution in [2.75, 3.05) is 33.7 Å². The zero-order valence-electron chi connectivity index (χ0n) is 14.6. The highest BCUT2D eigenvalue weighted by molar-refractivity contribution is 6.00. The Morgan fingerprint density at radius 3 is 2.80 bits per heavy atom. The van der Waals surface area contributed by atoms with Crippen LogP contribution in [0.5, 0.6) is 0 Å². The first kappa shape index (κ1) is 15.9. The Morgan fingerprint density at radius 1 is 1.16 bits per heavy atom. The Balaban J connectivity index is 1.61. The number of piperidine rings is 1. The van der Waals surface area contributed by atoms with Crippen molar-refractivity contribution < 1.29 is 9.59 Å². The second-order valence-corrected chi connectivity index (χ2v) is 7.23. The lowest BCUT2D eigenvalue weighted by atomic mass is 9.94. The van der Waals surface area contributed by atoms with E-state index in [4.69, 9.17) is 0 Å². The highest BCUT2D eigenvalue weighted by Gasteiger charge is 2.39. The van der Waals surface area contributed by atoms with Crippen LogP contribution in [0.1, 0.15) is 23.2 Å². The number of carbonyl (C=O) groups is 2. The van der Waals surface area contributed by atoms with E-state index in [2.05, 4.69) is 5.10 Å². The van der Waals surface area contributed by atoms with E-state index < -0.39 is 0 Å². The number of fused-ring (bicyclic) bond motifs is 5. The quantitative estimate of drug-likeness (QED) is 0.791. The molecule has 5 rings (SSSR count). The molecule has 3 amide bonds. The summed E-state index contributed by atoms with van der Waals surface area (Å²) in [6, 6.07) is 5.83. The van der Waals surface area contributed by atoms with Gasteiger partial charge in [-0.2, -0.15) is 5.10 Å². The Bertz CT molecular complexity index is 815. The number of amides is 3. The molecule has 0 saturated carbocycles. The van der Waals surface area contributed by atoms with Gasteiger partial charge in [0.25, 0.3) is 5.91 Å². The van der Waals surface area contributed by atoms with Crippen molar-refractivity contribution in [3.05, 3.63) is 36.2 Å². The molecule has 2 aromatic rings. The maximum absolute atomic E-state index is 13.2. The molecule has 0 spiro atoms. The molecule has 2 bridgehead atoms. The van der Waals surface area contributed by atoms with Crippen molar-refractivity contribution in [2.24, 2.45) is 5.92 Å². The molecule has 0 radical (unpaired) electrons. The van der Waals surface area contributed by atoms with Crippen LogP contribution >= 0.6 is 0 Å². The molecule has 7 nitrogen and oxygen atoms in total. The number of pyridine rings is 1. The van der Waals surface area contributed by atoms with Gasteiger partial charge in [-0.05, 0) is 30.9 Å². The largest absolute Gasteiger partial charge is 0.333 e. The first-order valence-electron chi connectivity index (χ1n) is 8.74. The third-order valence-corrected chi connectivity index (χ3v) is 5.28. The van der Waals surface area contributed by atoms with Crippen LogP contribution < -0.4 is 0 Å². The van der Waals surface area contributed by atoms with Gasteiger partial charge in [0.2, 0.25) is 0 Å². The summed E-state index contributed by atoms with van der Waals surface area (Å²) in [5, 5.41) is 4.28. The van der Waals surface area contributed by atoms with Crippen molar-refractivity contribution in [2.45, 2.75) is 18.9 Å². The van der Waals surface area contributed by atoms with Gasteiger partial charge in [-0.15, -0.1) is 0 Å². The van der Waals surface area contributed by atoms with Gasteiger partial charge in [-0.1, -0.05) is 6.07 Å². The molecule has 3 fully saturated rings. The van der Waals surface area contributed by atoms with Crippen LogP contribution in [0.15, 0.2) is 30.6 Å². The number of rotatable bonds is 1. The smallest absolute Gasteiger partial charge is 0.319 e. The van der Waals surface area contributed by atoms with Gasteiger partial charge < -0.3 is 14.7 Å². The molecule has 132 valence electrons. The highest BCUT2D eigenvalue weighted by Crippen LogP contribution is 2.30. The number of urea groups is 1. The van der Waals surface area contributed by atoms with Gasteiger partial charge in [-0.3, -0.25) is 4.79 Å².